The SMILES string of the molecule is CC(C(=O)O)n1cc(C(N)=O)cn1. The number of hydrogen-bond donors (Lipinski definition) is 2. The molecular formula is C7H9N3O3. The van der Waals surface area contributed by atoms with Crippen molar-refractivity contribution in [3.05, 3.63) is 18.0 Å². The van der Waals surface area contributed by atoms with Crippen molar-refractivity contribution in [3.63, 3.8) is 0 Å². The molecule has 70 valence electrons. The number of carboxylic acid groups (broad SMARTS) is 1. The standard InChI is InChI=1S/C7H9N3O3/c1-4(7(12)13)10-3-5(2-9-10)6(8)11/h2-4H,1H3,(H2,8,11)(H,12,13). The van der Waals surface area contributed by atoms with Crippen LogP contribution in [0, 0.1) is 0 Å². The van der Waals surface area contributed by atoms with Gasteiger partial charge < -0.3 is 10.8 Å². The fourth-order valence-corrected chi connectivity index (χ4v) is 0.790. The lowest BCUT2D eigenvalue weighted by Gasteiger charge is -2.04. The molecule has 1 aromatic rings. The number of aliphatic carboxylic acids is 1. The molecule has 0 bridgehead atoms. The minimum absolute atomic E-state index is 0.202. The second-order valence-corrected chi connectivity index (χ2v) is 2.59. The maximum Gasteiger partial charge on any atom is 0.328 e. The van der Waals surface area contributed by atoms with E-state index in [9.17, 15) is 9.59 Å². The van der Waals surface area contributed by atoms with Crippen LogP contribution in [0.2, 0.25) is 0 Å². The maximum atomic E-state index is 10.6. The van der Waals surface area contributed by atoms with E-state index in [-0.39, 0.29) is 5.56 Å². The first-order valence-electron chi connectivity index (χ1n) is 3.59. The number of amides is 1. The Morgan fingerprint density at radius 2 is 2.31 bits per heavy atom. The number of rotatable bonds is 3. The normalized spacial score (nSPS) is 12.4. The quantitative estimate of drug-likeness (QED) is 0.667. The van der Waals surface area contributed by atoms with Gasteiger partial charge in [-0.25, -0.2) is 4.79 Å². The van der Waals surface area contributed by atoms with Crippen molar-refractivity contribution < 1.29 is 14.7 Å². The number of aromatic nitrogens is 2. The highest BCUT2D eigenvalue weighted by molar-refractivity contribution is 5.92. The Hall–Kier alpha value is -1.85. The molecule has 1 aromatic heterocycles. The molecule has 0 aliphatic carbocycles. The summed E-state index contributed by atoms with van der Waals surface area (Å²) in [6.45, 7) is 1.46. The molecule has 0 aliphatic heterocycles. The number of carbonyl (C=O) groups excluding carboxylic acids is 1. The minimum atomic E-state index is -1.01. The van der Waals surface area contributed by atoms with Crippen LogP contribution in [0.3, 0.4) is 0 Å². The number of nitrogens with two attached hydrogens (primary N) is 1. The van der Waals surface area contributed by atoms with Crippen LogP contribution in [0.15, 0.2) is 12.4 Å². The summed E-state index contributed by atoms with van der Waals surface area (Å²) in [5.74, 6) is -1.64. The summed E-state index contributed by atoms with van der Waals surface area (Å²) >= 11 is 0. The largest absolute Gasteiger partial charge is 0.480 e. The Balaban J connectivity index is 2.91. The molecule has 1 unspecified atom stereocenters. The first-order valence-corrected chi connectivity index (χ1v) is 3.59. The third-order valence-electron chi connectivity index (χ3n) is 1.64. The van der Waals surface area contributed by atoms with Gasteiger partial charge in [0.25, 0.3) is 5.91 Å². The summed E-state index contributed by atoms with van der Waals surface area (Å²) in [6.07, 6.45) is 2.54. The van der Waals surface area contributed by atoms with E-state index in [0.717, 1.165) is 0 Å². The summed E-state index contributed by atoms with van der Waals surface area (Å²) in [5, 5.41) is 12.3. The number of hydrogen-bond acceptors (Lipinski definition) is 3. The molecule has 0 aromatic carbocycles. The van der Waals surface area contributed by atoms with E-state index in [1.54, 1.807) is 0 Å². The number of nitrogens with zero attached hydrogens (tertiary/aromatic N) is 2. The van der Waals surface area contributed by atoms with Crippen molar-refractivity contribution >= 4 is 11.9 Å². The van der Waals surface area contributed by atoms with Crippen LogP contribution in [-0.2, 0) is 4.79 Å². The van der Waals surface area contributed by atoms with E-state index >= 15 is 0 Å². The molecule has 0 aliphatic rings. The molecule has 0 radical (unpaired) electrons. The van der Waals surface area contributed by atoms with Crippen LogP contribution in [0.1, 0.15) is 23.3 Å². The van der Waals surface area contributed by atoms with Crippen LogP contribution in [-0.4, -0.2) is 26.8 Å². The molecule has 1 atom stereocenters. The lowest BCUT2D eigenvalue weighted by atomic mass is 10.3. The Morgan fingerprint density at radius 3 is 2.69 bits per heavy atom. The van der Waals surface area contributed by atoms with Crippen LogP contribution in [0.25, 0.3) is 0 Å². The first kappa shape index (κ1) is 9.24. The lowest BCUT2D eigenvalue weighted by Crippen LogP contribution is -2.16. The summed E-state index contributed by atoms with van der Waals surface area (Å²) in [6, 6.07) is -0.798. The van der Waals surface area contributed by atoms with Gasteiger partial charge in [-0.1, -0.05) is 0 Å². The van der Waals surface area contributed by atoms with Crippen molar-refractivity contribution in [2.24, 2.45) is 5.73 Å². The van der Waals surface area contributed by atoms with Crippen LogP contribution < -0.4 is 5.73 Å². The van der Waals surface area contributed by atoms with Gasteiger partial charge in [0.05, 0.1) is 11.8 Å². The van der Waals surface area contributed by atoms with Gasteiger partial charge in [0.2, 0.25) is 0 Å². The molecule has 13 heavy (non-hydrogen) atoms. The topological polar surface area (TPSA) is 98.2 Å². The molecule has 0 saturated heterocycles. The van der Waals surface area contributed by atoms with E-state index in [4.69, 9.17) is 10.8 Å². The molecule has 0 saturated carbocycles. The van der Waals surface area contributed by atoms with E-state index in [2.05, 4.69) is 5.10 Å². The Bertz CT molecular complexity index is 345. The van der Waals surface area contributed by atoms with Gasteiger partial charge >= 0.3 is 5.97 Å². The highest BCUT2D eigenvalue weighted by atomic mass is 16.4. The molecule has 0 fully saturated rings. The molecule has 1 rings (SSSR count). The fraction of sp³-hybridized carbons (Fsp3) is 0.286. The summed E-state index contributed by atoms with van der Waals surface area (Å²) in [7, 11) is 0. The summed E-state index contributed by atoms with van der Waals surface area (Å²) in [5.41, 5.74) is 5.17. The highest BCUT2D eigenvalue weighted by Gasteiger charge is 2.15. The highest BCUT2D eigenvalue weighted by Crippen LogP contribution is 2.05. The Morgan fingerprint density at radius 1 is 1.69 bits per heavy atom. The van der Waals surface area contributed by atoms with E-state index < -0.39 is 17.9 Å². The van der Waals surface area contributed by atoms with Crippen LogP contribution in [0.5, 0.6) is 0 Å². The van der Waals surface area contributed by atoms with E-state index in [1.807, 2.05) is 0 Å². The Labute approximate surface area is 74.0 Å². The molecule has 1 amide bonds. The minimum Gasteiger partial charge on any atom is -0.480 e. The van der Waals surface area contributed by atoms with Gasteiger partial charge in [0.15, 0.2) is 0 Å². The van der Waals surface area contributed by atoms with Gasteiger partial charge in [-0.15, -0.1) is 0 Å². The number of carbonyl (C=O) groups is 2. The smallest absolute Gasteiger partial charge is 0.328 e. The van der Waals surface area contributed by atoms with Gasteiger partial charge in [-0.2, -0.15) is 5.10 Å². The predicted molar refractivity (Wildman–Crippen MR) is 43.1 cm³/mol. The molecule has 6 heteroatoms. The van der Waals surface area contributed by atoms with Gasteiger partial charge in [0.1, 0.15) is 6.04 Å². The molecular weight excluding hydrogens is 174 g/mol. The molecule has 6 nitrogen and oxygen atoms in total. The van der Waals surface area contributed by atoms with Crippen molar-refractivity contribution in [1.82, 2.24) is 9.78 Å². The third-order valence-corrected chi connectivity index (χ3v) is 1.64. The Kier molecular flexibility index (Phi) is 2.32. The zero-order valence-corrected chi connectivity index (χ0v) is 6.97. The summed E-state index contributed by atoms with van der Waals surface area (Å²) in [4.78, 5) is 21.1. The van der Waals surface area contributed by atoms with E-state index in [0.29, 0.717) is 0 Å². The monoisotopic (exact) mass is 183 g/mol. The predicted octanol–water partition coefficient (Wildman–Crippen LogP) is -0.372. The zero-order chi connectivity index (χ0) is 10.0. The van der Waals surface area contributed by atoms with Crippen LogP contribution in [0.4, 0.5) is 0 Å². The number of carboxylic acids is 1. The second-order valence-electron chi connectivity index (χ2n) is 2.59. The van der Waals surface area contributed by atoms with Crippen molar-refractivity contribution in [1.29, 1.82) is 0 Å². The summed E-state index contributed by atoms with van der Waals surface area (Å²) < 4.78 is 1.17. The van der Waals surface area contributed by atoms with Crippen molar-refractivity contribution in [2.45, 2.75) is 13.0 Å². The maximum absolute atomic E-state index is 10.6. The van der Waals surface area contributed by atoms with Crippen LogP contribution >= 0.6 is 0 Å². The second kappa shape index (κ2) is 3.26. The lowest BCUT2D eigenvalue weighted by molar-refractivity contribution is -0.140. The number of primary amides is 1. The third kappa shape index (κ3) is 1.84. The van der Waals surface area contributed by atoms with E-state index in [1.165, 1.54) is 24.0 Å². The average molecular weight is 183 g/mol. The van der Waals surface area contributed by atoms with Crippen molar-refractivity contribution in [2.75, 3.05) is 0 Å². The molecule has 1 heterocycles. The van der Waals surface area contributed by atoms with Crippen molar-refractivity contribution in [3.8, 4) is 0 Å². The van der Waals surface area contributed by atoms with Gasteiger partial charge in [0, 0.05) is 6.20 Å². The molecule has 0 spiro atoms. The van der Waals surface area contributed by atoms with Gasteiger partial charge in [-0.05, 0) is 6.92 Å². The van der Waals surface area contributed by atoms with Gasteiger partial charge in [-0.3, -0.25) is 9.48 Å². The fourth-order valence-electron chi connectivity index (χ4n) is 0.790. The zero-order valence-electron chi connectivity index (χ0n) is 6.97. The average Bonchev–Trinajstić information content (AvgIpc) is 2.50. The first-order chi connectivity index (χ1) is 6.02. The molecule has 3 N–H and O–H groups in total.